The standard InChI is InChI=1S/C19H24N2O5/c1-11(2)14(9-17(24)16(23)7-12-3-5-20-10-12)15(22)8-13-4-6-21-19(26)18(13)25/h3,5,10-11,13-14,20H,4,6-9H2,1-2H3,(H,21,26). The number of piperidine rings is 1. The Balaban J connectivity index is 1.97. The minimum Gasteiger partial charge on any atom is -0.367 e. The Morgan fingerprint density at radius 2 is 1.92 bits per heavy atom. The van der Waals surface area contributed by atoms with Crippen LogP contribution in [-0.2, 0) is 30.4 Å². The van der Waals surface area contributed by atoms with Gasteiger partial charge in [-0.3, -0.25) is 24.0 Å². The zero-order valence-corrected chi connectivity index (χ0v) is 15.0. The zero-order valence-electron chi connectivity index (χ0n) is 15.0. The van der Waals surface area contributed by atoms with E-state index in [1.54, 1.807) is 18.5 Å². The lowest BCUT2D eigenvalue weighted by atomic mass is 9.80. The third-order valence-electron chi connectivity index (χ3n) is 4.78. The highest BCUT2D eigenvalue weighted by molar-refractivity contribution is 6.38. The average molecular weight is 360 g/mol. The molecule has 0 aromatic carbocycles. The van der Waals surface area contributed by atoms with E-state index in [-0.39, 0.29) is 31.0 Å². The molecule has 1 fully saturated rings. The topological polar surface area (TPSA) is 113 Å². The molecule has 0 saturated carbocycles. The van der Waals surface area contributed by atoms with E-state index in [2.05, 4.69) is 10.3 Å². The summed E-state index contributed by atoms with van der Waals surface area (Å²) >= 11 is 0. The summed E-state index contributed by atoms with van der Waals surface area (Å²) in [6.07, 6.45) is 3.52. The van der Waals surface area contributed by atoms with Gasteiger partial charge in [-0.15, -0.1) is 0 Å². The van der Waals surface area contributed by atoms with Crippen LogP contribution in [0.25, 0.3) is 0 Å². The molecule has 7 heteroatoms. The van der Waals surface area contributed by atoms with E-state index in [1.807, 2.05) is 13.8 Å². The Hall–Kier alpha value is -2.57. The molecular weight excluding hydrogens is 336 g/mol. The Morgan fingerprint density at radius 1 is 1.19 bits per heavy atom. The van der Waals surface area contributed by atoms with Gasteiger partial charge in [-0.1, -0.05) is 13.8 Å². The van der Waals surface area contributed by atoms with Crippen LogP contribution in [0.2, 0.25) is 0 Å². The lowest BCUT2D eigenvalue weighted by Crippen LogP contribution is -2.43. The zero-order chi connectivity index (χ0) is 19.3. The van der Waals surface area contributed by atoms with Crippen molar-refractivity contribution < 1.29 is 24.0 Å². The third kappa shape index (κ3) is 4.97. The minimum atomic E-state index is -0.659. The van der Waals surface area contributed by atoms with Gasteiger partial charge >= 0.3 is 0 Å². The lowest BCUT2D eigenvalue weighted by Gasteiger charge is -2.24. The Labute approximate surface area is 151 Å². The average Bonchev–Trinajstić information content (AvgIpc) is 3.09. The molecule has 1 aromatic heterocycles. The summed E-state index contributed by atoms with van der Waals surface area (Å²) in [7, 11) is 0. The van der Waals surface area contributed by atoms with E-state index >= 15 is 0 Å². The molecular formula is C19H24N2O5. The van der Waals surface area contributed by atoms with Crippen molar-refractivity contribution in [2.24, 2.45) is 17.8 Å². The highest BCUT2D eigenvalue weighted by Crippen LogP contribution is 2.24. The molecule has 1 aliphatic rings. The van der Waals surface area contributed by atoms with Gasteiger partial charge in [0.25, 0.3) is 5.91 Å². The highest BCUT2D eigenvalue weighted by atomic mass is 16.2. The molecule has 0 spiro atoms. The maximum Gasteiger partial charge on any atom is 0.287 e. The predicted molar refractivity (Wildman–Crippen MR) is 93.2 cm³/mol. The van der Waals surface area contributed by atoms with Gasteiger partial charge in [-0.05, 0) is 24.0 Å². The summed E-state index contributed by atoms with van der Waals surface area (Å²) in [6, 6.07) is 1.72. The van der Waals surface area contributed by atoms with Gasteiger partial charge in [0.1, 0.15) is 5.78 Å². The molecule has 2 rings (SSSR count). The lowest BCUT2D eigenvalue weighted by molar-refractivity contribution is -0.143. The number of hydrogen-bond acceptors (Lipinski definition) is 5. The van der Waals surface area contributed by atoms with E-state index in [0.29, 0.717) is 13.0 Å². The second-order valence-electron chi connectivity index (χ2n) is 7.07. The number of carbonyl (C=O) groups is 5. The fraction of sp³-hybridized carbons (Fsp3) is 0.526. The minimum absolute atomic E-state index is 0.00260. The van der Waals surface area contributed by atoms with Crippen LogP contribution in [0, 0.1) is 17.8 Å². The van der Waals surface area contributed by atoms with Crippen molar-refractivity contribution >= 4 is 29.0 Å². The summed E-state index contributed by atoms with van der Waals surface area (Å²) < 4.78 is 0. The number of nitrogens with one attached hydrogen (secondary N) is 2. The van der Waals surface area contributed by atoms with Crippen LogP contribution in [0.5, 0.6) is 0 Å². The predicted octanol–water partition coefficient (Wildman–Crippen LogP) is 1.02. The van der Waals surface area contributed by atoms with Crippen LogP contribution in [0.1, 0.15) is 38.7 Å². The van der Waals surface area contributed by atoms with E-state index in [4.69, 9.17) is 0 Å². The molecule has 1 aliphatic heterocycles. The molecule has 0 radical (unpaired) electrons. The van der Waals surface area contributed by atoms with Crippen molar-refractivity contribution in [2.75, 3.05) is 6.54 Å². The molecule has 1 aromatic rings. The number of H-pyrrole nitrogens is 1. The summed E-state index contributed by atoms with van der Waals surface area (Å²) in [5.41, 5.74) is 0.717. The summed E-state index contributed by atoms with van der Waals surface area (Å²) in [5, 5.41) is 2.45. The summed E-state index contributed by atoms with van der Waals surface area (Å²) in [5.74, 6) is -3.99. The first kappa shape index (κ1) is 19.8. The Morgan fingerprint density at radius 3 is 2.54 bits per heavy atom. The Kier molecular flexibility index (Phi) is 6.60. The number of rotatable bonds is 9. The molecule has 7 nitrogen and oxygen atoms in total. The fourth-order valence-corrected chi connectivity index (χ4v) is 3.14. The first-order chi connectivity index (χ1) is 12.3. The first-order valence-corrected chi connectivity index (χ1v) is 8.82. The summed E-state index contributed by atoms with van der Waals surface area (Å²) in [6.45, 7) is 3.98. The van der Waals surface area contributed by atoms with Gasteiger partial charge in [-0.25, -0.2) is 0 Å². The second kappa shape index (κ2) is 8.69. The van der Waals surface area contributed by atoms with Gasteiger partial charge in [0.2, 0.25) is 11.6 Å². The monoisotopic (exact) mass is 360 g/mol. The highest BCUT2D eigenvalue weighted by Gasteiger charge is 2.34. The van der Waals surface area contributed by atoms with Gasteiger partial charge < -0.3 is 10.3 Å². The van der Waals surface area contributed by atoms with Crippen molar-refractivity contribution in [1.29, 1.82) is 0 Å². The fourth-order valence-electron chi connectivity index (χ4n) is 3.14. The van der Waals surface area contributed by atoms with Crippen molar-refractivity contribution in [3.05, 3.63) is 24.0 Å². The van der Waals surface area contributed by atoms with Crippen LogP contribution < -0.4 is 5.32 Å². The molecule has 1 amide bonds. The molecule has 2 heterocycles. The van der Waals surface area contributed by atoms with Gasteiger partial charge in [-0.2, -0.15) is 0 Å². The van der Waals surface area contributed by atoms with Crippen LogP contribution >= 0.6 is 0 Å². The molecule has 26 heavy (non-hydrogen) atoms. The van der Waals surface area contributed by atoms with Gasteiger partial charge in [0, 0.05) is 50.0 Å². The van der Waals surface area contributed by atoms with Gasteiger partial charge in [0.15, 0.2) is 5.78 Å². The van der Waals surface area contributed by atoms with Crippen LogP contribution in [0.3, 0.4) is 0 Å². The largest absolute Gasteiger partial charge is 0.367 e. The van der Waals surface area contributed by atoms with Crippen molar-refractivity contribution in [3.8, 4) is 0 Å². The van der Waals surface area contributed by atoms with E-state index in [0.717, 1.165) is 5.56 Å². The van der Waals surface area contributed by atoms with E-state index in [1.165, 1.54) is 0 Å². The van der Waals surface area contributed by atoms with Crippen molar-refractivity contribution in [2.45, 2.75) is 39.5 Å². The Bertz CT molecular complexity index is 706. The normalized spacial score (nSPS) is 18.5. The van der Waals surface area contributed by atoms with Crippen LogP contribution in [0.4, 0.5) is 0 Å². The van der Waals surface area contributed by atoms with Crippen LogP contribution in [0.15, 0.2) is 18.5 Å². The quantitative estimate of drug-likeness (QED) is 0.639. The summed E-state index contributed by atoms with van der Waals surface area (Å²) in [4.78, 5) is 63.1. The number of carbonyl (C=O) groups excluding carboxylic acids is 5. The molecule has 0 bridgehead atoms. The van der Waals surface area contributed by atoms with Gasteiger partial charge in [0.05, 0.1) is 0 Å². The number of aromatic amines is 1. The SMILES string of the molecule is CC(C)C(CC(=O)C(=O)Cc1cc[nH]c1)C(=O)CC1CCNC(=O)C1=O. The number of Topliss-reactive ketones (excluding diaryl/α,β-unsaturated/α-hetero) is 4. The smallest absolute Gasteiger partial charge is 0.287 e. The molecule has 140 valence electrons. The first-order valence-electron chi connectivity index (χ1n) is 8.82. The van der Waals surface area contributed by atoms with Crippen LogP contribution in [-0.4, -0.2) is 40.6 Å². The van der Waals surface area contributed by atoms with E-state index in [9.17, 15) is 24.0 Å². The number of aromatic nitrogens is 1. The number of hydrogen-bond donors (Lipinski definition) is 2. The molecule has 1 saturated heterocycles. The third-order valence-corrected chi connectivity index (χ3v) is 4.78. The maximum atomic E-state index is 12.6. The van der Waals surface area contributed by atoms with E-state index < -0.39 is 35.1 Å². The molecule has 2 unspecified atom stereocenters. The van der Waals surface area contributed by atoms with Crippen molar-refractivity contribution in [3.63, 3.8) is 0 Å². The second-order valence-corrected chi connectivity index (χ2v) is 7.07. The number of ketones is 4. The maximum absolute atomic E-state index is 12.6. The molecule has 2 N–H and O–H groups in total. The molecule has 0 aliphatic carbocycles. The number of amides is 1. The van der Waals surface area contributed by atoms with Crippen molar-refractivity contribution in [1.82, 2.24) is 10.3 Å². The molecule has 2 atom stereocenters.